The second-order valence-corrected chi connectivity index (χ2v) is 4.60. The molecule has 2 N–H and O–H groups in total. The van der Waals surface area contributed by atoms with Gasteiger partial charge >= 0.3 is 0 Å². The lowest BCUT2D eigenvalue weighted by atomic mass is 10.1. The molecule has 0 saturated heterocycles. The van der Waals surface area contributed by atoms with E-state index in [1.165, 1.54) is 12.1 Å². The normalized spacial score (nSPS) is 10.4. The molecule has 20 heavy (non-hydrogen) atoms. The molecule has 2 aromatic rings. The lowest BCUT2D eigenvalue weighted by molar-refractivity contribution is 0.295. The fraction of sp³-hybridized carbons (Fsp3) is 0.250. The van der Waals surface area contributed by atoms with Crippen molar-refractivity contribution < 1.29 is 13.9 Å². The molecule has 0 spiro atoms. The highest BCUT2D eigenvalue weighted by atomic mass is 19.1. The maximum absolute atomic E-state index is 13.4. The van der Waals surface area contributed by atoms with Crippen LogP contribution < -0.4 is 15.2 Å². The van der Waals surface area contributed by atoms with E-state index in [0.717, 1.165) is 16.9 Å². The zero-order chi connectivity index (χ0) is 14.5. The number of hydrogen-bond donors (Lipinski definition) is 1. The first kappa shape index (κ1) is 14.3. The van der Waals surface area contributed by atoms with Crippen LogP contribution in [0.2, 0.25) is 0 Å². The minimum Gasteiger partial charge on any atom is -0.496 e. The van der Waals surface area contributed by atoms with Crippen LogP contribution in [0.25, 0.3) is 0 Å². The Morgan fingerprint density at radius 2 is 1.95 bits per heavy atom. The van der Waals surface area contributed by atoms with Gasteiger partial charge in [-0.25, -0.2) is 4.39 Å². The number of nitrogens with two attached hydrogens (primary N) is 1. The van der Waals surface area contributed by atoms with Gasteiger partial charge in [0.05, 0.1) is 7.11 Å². The highest BCUT2D eigenvalue weighted by Gasteiger charge is 2.06. The Morgan fingerprint density at radius 3 is 2.65 bits per heavy atom. The summed E-state index contributed by atoms with van der Waals surface area (Å²) in [4.78, 5) is 0. The molecular weight excluding hydrogens is 257 g/mol. The molecule has 0 aliphatic heterocycles. The SMILES string of the molecule is COc1ccc(C)cc1COc1cc(F)cc(CN)c1. The Kier molecular flexibility index (Phi) is 4.58. The van der Waals surface area contributed by atoms with Gasteiger partial charge in [0.25, 0.3) is 0 Å². The summed E-state index contributed by atoms with van der Waals surface area (Å²) in [6.45, 7) is 2.60. The van der Waals surface area contributed by atoms with Crippen molar-refractivity contribution in [3.05, 3.63) is 58.9 Å². The van der Waals surface area contributed by atoms with Crippen molar-refractivity contribution in [3.63, 3.8) is 0 Å². The second-order valence-electron chi connectivity index (χ2n) is 4.60. The van der Waals surface area contributed by atoms with Crippen molar-refractivity contribution in [2.75, 3.05) is 7.11 Å². The van der Waals surface area contributed by atoms with E-state index in [1.54, 1.807) is 13.2 Å². The molecule has 2 rings (SSSR count). The summed E-state index contributed by atoms with van der Waals surface area (Å²) in [6.07, 6.45) is 0. The Labute approximate surface area is 118 Å². The van der Waals surface area contributed by atoms with Crippen molar-refractivity contribution in [2.45, 2.75) is 20.1 Å². The maximum atomic E-state index is 13.4. The fourth-order valence-electron chi connectivity index (χ4n) is 2.00. The third-order valence-corrected chi connectivity index (χ3v) is 3.00. The molecule has 106 valence electrons. The van der Waals surface area contributed by atoms with Gasteiger partial charge in [0.1, 0.15) is 23.9 Å². The molecule has 0 aromatic heterocycles. The van der Waals surface area contributed by atoms with Crippen molar-refractivity contribution in [3.8, 4) is 11.5 Å². The monoisotopic (exact) mass is 275 g/mol. The van der Waals surface area contributed by atoms with Crippen LogP contribution in [0.1, 0.15) is 16.7 Å². The smallest absolute Gasteiger partial charge is 0.127 e. The molecule has 0 amide bonds. The largest absolute Gasteiger partial charge is 0.496 e. The highest BCUT2D eigenvalue weighted by Crippen LogP contribution is 2.23. The zero-order valence-electron chi connectivity index (χ0n) is 11.7. The van der Waals surface area contributed by atoms with Crippen LogP contribution in [0.3, 0.4) is 0 Å². The van der Waals surface area contributed by atoms with Crippen LogP contribution in [-0.4, -0.2) is 7.11 Å². The molecule has 2 aromatic carbocycles. The fourth-order valence-corrected chi connectivity index (χ4v) is 2.00. The van der Waals surface area contributed by atoms with E-state index in [0.29, 0.717) is 17.9 Å². The third kappa shape index (κ3) is 3.48. The van der Waals surface area contributed by atoms with E-state index >= 15 is 0 Å². The first-order valence-electron chi connectivity index (χ1n) is 6.38. The molecule has 0 fully saturated rings. The molecule has 3 nitrogen and oxygen atoms in total. The van der Waals surface area contributed by atoms with Gasteiger partial charge in [-0.1, -0.05) is 11.6 Å². The van der Waals surface area contributed by atoms with Gasteiger partial charge < -0.3 is 15.2 Å². The van der Waals surface area contributed by atoms with E-state index in [1.807, 2.05) is 25.1 Å². The molecule has 0 saturated carbocycles. The Balaban J connectivity index is 2.16. The predicted octanol–water partition coefficient (Wildman–Crippen LogP) is 3.18. The molecule has 0 aliphatic carbocycles. The summed E-state index contributed by atoms with van der Waals surface area (Å²) in [6, 6.07) is 10.3. The van der Waals surface area contributed by atoms with Gasteiger partial charge in [-0.2, -0.15) is 0 Å². The predicted molar refractivity (Wildman–Crippen MR) is 76.4 cm³/mol. The maximum Gasteiger partial charge on any atom is 0.127 e. The van der Waals surface area contributed by atoms with Crippen LogP contribution >= 0.6 is 0 Å². The van der Waals surface area contributed by atoms with Crippen molar-refractivity contribution in [2.24, 2.45) is 5.73 Å². The summed E-state index contributed by atoms with van der Waals surface area (Å²) < 4.78 is 24.3. The summed E-state index contributed by atoms with van der Waals surface area (Å²) >= 11 is 0. The number of benzene rings is 2. The Morgan fingerprint density at radius 1 is 1.15 bits per heavy atom. The molecule has 0 aliphatic rings. The van der Waals surface area contributed by atoms with E-state index in [2.05, 4.69) is 0 Å². The summed E-state index contributed by atoms with van der Waals surface area (Å²) in [5.74, 6) is 0.874. The number of halogens is 1. The van der Waals surface area contributed by atoms with Crippen LogP contribution in [0.5, 0.6) is 11.5 Å². The van der Waals surface area contributed by atoms with Crippen LogP contribution in [0.4, 0.5) is 4.39 Å². The van der Waals surface area contributed by atoms with Crippen molar-refractivity contribution >= 4 is 0 Å². The quantitative estimate of drug-likeness (QED) is 0.911. The van der Waals surface area contributed by atoms with Crippen molar-refractivity contribution in [1.29, 1.82) is 0 Å². The van der Waals surface area contributed by atoms with E-state index in [-0.39, 0.29) is 12.4 Å². The summed E-state index contributed by atoms with van der Waals surface area (Å²) in [7, 11) is 1.61. The topological polar surface area (TPSA) is 44.5 Å². The molecule has 0 bridgehead atoms. The first-order chi connectivity index (χ1) is 9.62. The van der Waals surface area contributed by atoms with E-state index in [4.69, 9.17) is 15.2 Å². The minimum atomic E-state index is -0.348. The molecule has 0 unspecified atom stereocenters. The van der Waals surface area contributed by atoms with Gasteiger partial charge in [-0.15, -0.1) is 0 Å². The Bertz CT molecular complexity index is 599. The van der Waals surface area contributed by atoms with Gasteiger partial charge in [-0.3, -0.25) is 0 Å². The standard InChI is InChI=1S/C16H18FNO2/c1-11-3-4-16(19-2)13(5-11)10-20-15-7-12(9-18)6-14(17)8-15/h3-8H,9-10,18H2,1-2H3. The van der Waals surface area contributed by atoms with Crippen LogP contribution in [0, 0.1) is 12.7 Å². The van der Waals surface area contributed by atoms with Gasteiger partial charge in [0.15, 0.2) is 0 Å². The lowest BCUT2D eigenvalue weighted by Gasteiger charge is -2.12. The Hall–Kier alpha value is -2.07. The number of hydrogen-bond acceptors (Lipinski definition) is 3. The number of rotatable bonds is 5. The average Bonchev–Trinajstić information content (AvgIpc) is 2.44. The first-order valence-corrected chi connectivity index (χ1v) is 6.38. The minimum absolute atomic E-state index is 0.280. The average molecular weight is 275 g/mol. The molecular formula is C16H18FNO2. The zero-order valence-corrected chi connectivity index (χ0v) is 11.7. The van der Waals surface area contributed by atoms with Gasteiger partial charge in [0.2, 0.25) is 0 Å². The van der Waals surface area contributed by atoms with Crippen LogP contribution in [0.15, 0.2) is 36.4 Å². The van der Waals surface area contributed by atoms with E-state index in [9.17, 15) is 4.39 Å². The third-order valence-electron chi connectivity index (χ3n) is 3.00. The van der Waals surface area contributed by atoms with Crippen LogP contribution in [-0.2, 0) is 13.2 Å². The van der Waals surface area contributed by atoms with Gasteiger partial charge in [0, 0.05) is 18.2 Å². The van der Waals surface area contributed by atoms with E-state index < -0.39 is 0 Å². The second kappa shape index (κ2) is 6.39. The molecule has 0 atom stereocenters. The number of ether oxygens (including phenoxy) is 2. The van der Waals surface area contributed by atoms with Gasteiger partial charge in [-0.05, 0) is 36.8 Å². The lowest BCUT2D eigenvalue weighted by Crippen LogP contribution is -2.02. The molecule has 0 heterocycles. The van der Waals surface area contributed by atoms with Crippen molar-refractivity contribution in [1.82, 2.24) is 0 Å². The molecule has 0 radical (unpaired) electrons. The summed E-state index contributed by atoms with van der Waals surface area (Å²) in [5, 5.41) is 0. The molecule has 4 heteroatoms. The number of methoxy groups -OCH3 is 1. The highest BCUT2D eigenvalue weighted by molar-refractivity contribution is 5.37. The summed E-state index contributed by atoms with van der Waals surface area (Å²) in [5.41, 5.74) is 8.26. The number of aryl methyl sites for hydroxylation is 1.